The van der Waals surface area contributed by atoms with Gasteiger partial charge in [-0.25, -0.2) is 15.0 Å². The quantitative estimate of drug-likeness (QED) is 0.667. The first-order valence-corrected chi connectivity index (χ1v) is 5.64. The van der Waals surface area contributed by atoms with Crippen molar-refractivity contribution >= 4 is 29.1 Å². The first-order valence-electron chi connectivity index (χ1n) is 4.82. The van der Waals surface area contributed by atoms with Gasteiger partial charge in [0.1, 0.15) is 22.7 Å². The Morgan fingerprint density at radius 3 is 2.44 bits per heavy atom. The molecule has 18 heavy (non-hydrogen) atoms. The van der Waals surface area contributed by atoms with Crippen molar-refractivity contribution in [2.45, 2.75) is 10.2 Å². The van der Waals surface area contributed by atoms with Gasteiger partial charge in [-0.05, 0) is 17.8 Å². The Morgan fingerprint density at radius 1 is 1.17 bits per heavy atom. The zero-order valence-electron chi connectivity index (χ0n) is 9.16. The summed E-state index contributed by atoms with van der Waals surface area (Å²) in [5.41, 5.74) is 17.5. The summed E-state index contributed by atoms with van der Waals surface area (Å²) < 4.78 is 0. The van der Waals surface area contributed by atoms with Crippen LogP contribution in [0, 0.1) is 11.3 Å². The van der Waals surface area contributed by atoms with Crippen molar-refractivity contribution in [2.24, 2.45) is 0 Å². The van der Waals surface area contributed by atoms with Crippen molar-refractivity contribution in [3.63, 3.8) is 0 Å². The minimum absolute atomic E-state index is 0.264. The number of hydrogen-bond donors (Lipinski definition) is 3. The highest BCUT2D eigenvalue weighted by molar-refractivity contribution is 7.99. The molecular formula is C10H9N7S. The van der Waals surface area contributed by atoms with Gasteiger partial charge in [-0.3, -0.25) is 0 Å². The topological polar surface area (TPSA) is 141 Å². The van der Waals surface area contributed by atoms with E-state index in [1.165, 1.54) is 18.3 Å². The number of nitriles is 1. The third-order valence-electron chi connectivity index (χ3n) is 2.01. The van der Waals surface area contributed by atoms with Gasteiger partial charge in [-0.1, -0.05) is 0 Å². The molecule has 0 atom stereocenters. The Labute approximate surface area is 107 Å². The second-order valence-corrected chi connectivity index (χ2v) is 4.25. The highest BCUT2D eigenvalue weighted by atomic mass is 32.2. The van der Waals surface area contributed by atoms with Crippen LogP contribution < -0.4 is 17.2 Å². The molecule has 0 radical (unpaired) electrons. The van der Waals surface area contributed by atoms with Crippen molar-refractivity contribution in [1.82, 2.24) is 15.0 Å². The number of hydrogen-bond acceptors (Lipinski definition) is 8. The molecule has 0 bridgehead atoms. The van der Waals surface area contributed by atoms with Gasteiger partial charge in [0.2, 0.25) is 0 Å². The van der Waals surface area contributed by atoms with Crippen LogP contribution in [0.5, 0.6) is 0 Å². The molecular weight excluding hydrogens is 250 g/mol. The molecule has 6 N–H and O–H groups in total. The monoisotopic (exact) mass is 259 g/mol. The van der Waals surface area contributed by atoms with Crippen molar-refractivity contribution in [2.75, 3.05) is 17.2 Å². The van der Waals surface area contributed by atoms with E-state index in [1.54, 1.807) is 0 Å². The Hall–Kier alpha value is -2.53. The molecule has 8 heteroatoms. The Morgan fingerprint density at radius 2 is 1.83 bits per heavy atom. The fraction of sp³-hybridized carbons (Fsp3) is 0. The highest BCUT2D eigenvalue weighted by Crippen LogP contribution is 2.30. The van der Waals surface area contributed by atoms with Crippen LogP contribution in [0.4, 0.5) is 17.3 Å². The Balaban J connectivity index is 2.37. The molecule has 0 aliphatic rings. The van der Waals surface area contributed by atoms with Gasteiger partial charge in [0.05, 0.1) is 11.3 Å². The number of rotatable bonds is 2. The molecule has 2 rings (SSSR count). The van der Waals surface area contributed by atoms with Crippen molar-refractivity contribution in [1.29, 1.82) is 5.26 Å². The van der Waals surface area contributed by atoms with Gasteiger partial charge in [-0.2, -0.15) is 5.26 Å². The number of nitrogens with two attached hydrogens (primary N) is 3. The maximum atomic E-state index is 8.86. The first-order chi connectivity index (χ1) is 8.60. The zero-order chi connectivity index (χ0) is 13.1. The fourth-order valence-corrected chi connectivity index (χ4v) is 2.04. The van der Waals surface area contributed by atoms with Crippen LogP contribution in [0.3, 0.4) is 0 Å². The standard InChI is InChI=1S/C10H9N7S/c11-4-5-1-2-15-9(8(5)14)18-10-16-6(12)3-7(13)17-10/h1-3H,14H2,(H4,12,13,16,17). The van der Waals surface area contributed by atoms with E-state index >= 15 is 0 Å². The van der Waals surface area contributed by atoms with E-state index in [1.807, 2.05) is 6.07 Å². The number of anilines is 3. The summed E-state index contributed by atoms with van der Waals surface area (Å²) in [6, 6.07) is 4.96. The predicted octanol–water partition coefficient (Wildman–Crippen LogP) is 0.641. The van der Waals surface area contributed by atoms with Gasteiger partial charge in [-0.15, -0.1) is 0 Å². The highest BCUT2D eigenvalue weighted by Gasteiger charge is 2.10. The van der Waals surface area contributed by atoms with Crippen LogP contribution in [-0.4, -0.2) is 15.0 Å². The van der Waals surface area contributed by atoms with E-state index in [0.717, 1.165) is 11.8 Å². The fourth-order valence-electron chi connectivity index (χ4n) is 1.23. The van der Waals surface area contributed by atoms with Crippen LogP contribution in [0.1, 0.15) is 5.56 Å². The van der Waals surface area contributed by atoms with Gasteiger partial charge in [0.15, 0.2) is 5.16 Å². The zero-order valence-corrected chi connectivity index (χ0v) is 9.98. The van der Waals surface area contributed by atoms with E-state index < -0.39 is 0 Å². The second-order valence-electron chi connectivity index (χ2n) is 3.29. The minimum atomic E-state index is 0.264. The van der Waals surface area contributed by atoms with Gasteiger partial charge < -0.3 is 17.2 Å². The van der Waals surface area contributed by atoms with Crippen molar-refractivity contribution < 1.29 is 0 Å². The van der Waals surface area contributed by atoms with Crippen LogP contribution in [-0.2, 0) is 0 Å². The lowest BCUT2D eigenvalue weighted by molar-refractivity contribution is 0.977. The summed E-state index contributed by atoms with van der Waals surface area (Å²) in [7, 11) is 0. The summed E-state index contributed by atoms with van der Waals surface area (Å²) in [6.07, 6.45) is 1.49. The minimum Gasteiger partial charge on any atom is -0.395 e. The number of nitrogens with zero attached hydrogens (tertiary/aromatic N) is 4. The van der Waals surface area contributed by atoms with Crippen molar-refractivity contribution in [3.8, 4) is 6.07 Å². The molecule has 0 amide bonds. The number of aromatic nitrogens is 3. The van der Waals surface area contributed by atoms with Crippen LogP contribution in [0.15, 0.2) is 28.5 Å². The molecule has 0 aliphatic carbocycles. The molecule has 2 aromatic heterocycles. The number of pyridine rings is 1. The van der Waals surface area contributed by atoms with E-state index in [2.05, 4.69) is 15.0 Å². The summed E-state index contributed by atoms with van der Waals surface area (Å²) in [5, 5.41) is 9.64. The lowest BCUT2D eigenvalue weighted by Gasteiger charge is -2.05. The van der Waals surface area contributed by atoms with Gasteiger partial charge in [0, 0.05) is 12.3 Å². The Bertz CT molecular complexity index is 614. The number of nitrogen functional groups attached to an aromatic ring is 3. The molecule has 0 aliphatic heterocycles. The molecule has 0 saturated carbocycles. The molecule has 0 spiro atoms. The summed E-state index contributed by atoms with van der Waals surface area (Å²) in [4.78, 5) is 12.1. The molecule has 0 unspecified atom stereocenters. The largest absolute Gasteiger partial charge is 0.395 e. The van der Waals surface area contributed by atoms with E-state index in [0.29, 0.717) is 15.7 Å². The average molecular weight is 259 g/mol. The summed E-state index contributed by atoms with van der Waals surface area (Å²) in [6.45, 7) is 0. The normalized spacial score (nSPS) is 9.94. The van der Waals surface area contributed by atoms with E-state index in [4.69, 9.17) is 22.5 Å². The third-order valence-corrected chi connectivity index (χ3v) is 2.89. The molecule has 90 valence electrons. The molecule has 2 aromatic rings. The third kappa shape index (κ3) is 2.41. The maximum Gasteiger partial charge on any atom is 0.197 e. The SMILES string of the molecule is N#Cc1ccnc(Sc2nc(N)cc(N)n2)c1N. The smallest absolute Gasteiger partial charge is 0.197 e. The molecule has 7 nitrogen and oxygen atoms in total. The van der Waals surface area contributed by atoms with Crippen LogP contribution in [0.2, 0.25) is 0 Å². The molecule has 0 saturated heterocycles. The lowest BCUT2D eigenvalue weighted by atomic mass is 10.2. The van der Waals surface area contributed by atoms with Crippen LogP contribution >= 0.6 is 11.8 Å². The average Bonchev–Trinajstić information content (AvgIpc) is 2.30. The molecule has 2 heterocycles. The van der Waals surface area contributed by atoms with Gasteiger partial charge >= 0.3 is 0 Å². The van der Waals surface area contributed by atoms with E-state index in [-0.39, 0.29) is 17.3 Å². The molecule has 0 fully saturated rings. The Kier molecular flexibility index (Phi) is 3.16. The van der Waals surface area contributed by atoms with Crippen LogP contribution in [0.25, 0.3) is 0 Å². The second kappa shape index (κ2) is 4.77. The maximum absolute atomic E-state index is 8.86. The van der Waals surface area contributed by atoms with Gasteiger partial charge in [0.25, 0.3) is 0 Å². The lowest BCUT2D eigenvalue weighted by Crippen LogP contribution is -2.00. The molecule has 0 aromatic carbocycles. The van der Waals surface area contributed by atoms with Crippen molar-refractivity contribution in [3.05, 3.63) is 23.9 Å². The first kappa shape index (κ1) is 11.9. The summed E-state index contributed by atoms with van der Waals surface area (Å²) >= 11 is 1.10. The van der Waals surface area contributed by atoms with E-state index in [9.17, 15) is 0 Å². The predicted molar refractivity (Wildman–Crippen MR) is 68.3 cm³/mol. The summed E-state index contributed by atoms with van der Waals surface area (Å²) in [5.74, 6) is 0.528.